The highest BCUT2D eigenvalue weighted by Crippen LogP contribution is 2.35. The second-order valence-corrected chi connectivity index (χ2v) is 7.40. The van der Waals surface area contributed by atoms with Crippen LogP contribution in [-0.4, -0.2) is 45.4 Å². The first kappa shape index (κ1) is 18.6. The van der Waals surface area contributed by atoms with Gasteiger partial charge in [-0.15, -0.1) is 0 Å². The van der Waals surface area contributed by atoms with E-state index in [2.05, 4.69) is 42.3 Å². The van der Waals surface area contributed by atoms with E-state index in [9.17, 15) is 4.79 Å². The number of rotatable bonds is 4. The molecular weight excluding hydrogens is 354 g/mol. The summed E-state index contributed by atoms with van der Waals surface area (Å²) >= 11 is 0. The zero-order valence-electron chi connectivity index (χ0n) is 16.7. The van der Waals surface area contributed by atoms with Crippen LogP contribution in [0.2, 0.25) is 0 Å². The molecular formula is C22H27N3O3. The topological polar surface area (TPSA) is 54.0 Å². The Labute approximate surface area is 166 Å². The third kappa shape index (κ3) is 3.64. The van der Waals surface area contributed by atoms with Crippen molar-refractivity contribution in [3.05, 3.63) is 42.0 Å². The van der Waals surface area contributed by atoms with Gasteiger partial charge in [-0.3, -0.25) is 4.79 Å². The summed E-state index contributed by atoms with van der Waals surface area (Å²) in [7, 11) is 1.77. The van der Waals surface area contributed by atoms with E-state index in [-0.39, 0.29) is 12.5 Å². The van der Waals surface area contributed by atoms with E-state index in [1.807, 2.05) is 18.2 Å². The van der Waals surface area contributed by atoms with Gasteiger partial charge in [0, 0.05) is 43.3 Å². The molecule has 28 heavy (non-hydrogen) atoms. The van der Waals surface area contributed by atoms with E-state index in [1.54, 1.807) is 11.9 Å². The number of hydrogen-bond acceptors (Lipinski definition) is 5. The molecule has 2 aliphatic rings. The molecule has 1 atom stereocenters. The molecule has 0 aromatic heterocycles. The number of fused-ring (bicyclic) bond motifs is 1. The van der Waals surface area contributed by atoms with Crippen molar-refractivity contribution in [1.29, 1.82) is 0 Å². The minimum absolute atomic E-state index is 0.0342. The Kier molecular flexibility index (Phi) is 5.13. The summed E-state index contributed by atoms with van der Waals surface area (Å²) in [5, 5.41) is 3.47. The molecule has 0 aliphatic carbocycles. The van der Waals surface area contributed by atoms with Crippen LogP contribution < -0.4 is 19.9 Å². The van der Waals surface area contributed by atoms with E-state index in [0.717, 1.165) is 48.9 Å². The largest absolute Gasteiger partial charge is 0.481 e. The molecule has 0 radical (unpaired) electrons. The van der Waals surface area contributed by atoms with E-state index >= 15 is 0 Å². The molecule has 2 aliphatic heterocycles. The molecule has 1 fully saturated rings. The third-order valence-corrected chi connectivity index (χ3v) is 5.49. The van der Waals surface area contributed by atoms with Crippen molar-refractivity contribution in [3.8, 4) is 5.75 Å². The van der Waals surface area contributed by atoms with Crippen LogP contribution in [0.15, 0.2) is 36.4 Å². The SMILES string of the molecule is CCC1CN(c2ccc(Nc3ccc4c(c3)OCC(=O)N4C)c(C)c2)CCO1. The summed E-state index contributed by atoms with van der Waals surface area (Å²) in [6.07, 6.45) is 1.35. The van der Waals surface area contributed by atoms with Gasteiger partial charge in [-0.1, -0.05) is 6.92 Å². The van der Waals surface area contributed by atoms with E-state index < -0.39 is 0 Å². The van der Waals surface area contributed by atoms with Crippen LogP contribution in [0.4, 0.5) is 22.7 Å². The van der Waals surface area contributed by atoms with Gasteiger partial charge < -0.3 is 24.6 Å². The van der Waals surface area contributed by atoms with Crippen LogP contribution in [0.25, 0.3) is 0 Å². The molecule has 6 nitrogen and oxygen atoms in total. The number of carbonyl (C=O) groups is 1. The Morgan fingerprint density at radius 3 is 2.86 bits per heavy atom. The number of nitrogens with zero attached hydrogens (tertiary/aromatic N) is 2. The quantitative estimate of drug-likeness (QED) is 0.875. The number of nitrogens with one attached hydrogen (secondary N) is 1. The summed E-state index contributed by atoms with van der Waals surface area (Å²) in [6, 6.07) is 12.3. The lowest BCUT2D eigenvalue weighted by atomic mass is 10.1. The summed E-state index contributed by atoms with van der Waals surface area (Å²) in [5.74, 6) is 0.688. The lowest BCUT2D eigenvalue weighted by molar-refractivity contribution is -0.120. The molecule has 0 spiro atoms. The zero-order chi connectivity index (χ0) is 19.7. The minimum atomic E-state index is -0.0342. The second-order valence-electron chi connectivity index (χ2n) is 7.40. The number of anilines is 4. The van der Waals surface area contributed by atoms with Crippen LogP contribution in [0.5, 0.6) is 5.75 Å². The Balaban J connectivity index is 1.51. The Morgan fingerprint density at radius 1 is 1.21 bits per heavy atom. The molecule has 0 bridgehead atoms. The molecule has 1 unspecified atom stereocenters. The van der Waals surface area contributed by atoms with Gasteiger partial charge in [-0.05, 0) is 49.2 Å². The third-order valence-electron chi connectivity index (χ3n) is 5.49. The number of ether oxygens (including phenoxy) is 2. The molecule has 2 heterocycles. The van der Waals surface area contributed by atoms with Crippen molar-refractivity contribution in [2.75, 3.05) is 48.5 Å². The normalized spacial score (nSPS) is 19.2. The predicted molar refractivity (Wildman–Crippen MR) is 112 cm³/mol. The maximum absolute atomic E-state index is 11.8. The second kappa shape index (κ2) is 7.72. The summed E-state index contributed by atoms with van der Waals surface area (Å²) in [5.41, 5.74) is 5.22. The van der Waals surface area contributed by atoms with Crippen molar-refractivity contribution >= 4 is 28.7 Å². The van der Waals surface area contributed by atoms with Gasteiger partial charge in [0.25, 0.3) is 5.91 Å². The fourth-order valence-corrected chi connectivity index (χ4v) is 3.70. The molecule has 1 amide bonds. The van der Waals surface area contributed by atoms with E-state index in [1.165, 1.54) is 11.3 Å². The molecule has 148 valence electrons. The molecule has 2 aromatic carbocycles. The first-order chi connectivity index (χ1) is 13.5. The summed E-state index contributed by atoms with van der Waals surface area (Å²) in [6.45, 7) is 7.02. The summed E-state index contributed by atoms with van der Waals surface area (Å²) < 4.78 is 11.4. The zero-order valence-corrected chi connectivity index (χ0v) is 16.7. The van der Waals surface area contributed by atoms with Crippen LogP contribution in [0.3, 0.4) is 0 Å². The first-order valence-corrected chi connectivity index (χ1v) is 9.83. The Morgan fingerprint density at radius 2 is 2.07 bits per heavy atom. The number of hydrogen-bond donors (Lipinski definition) is 1. The number of amides is 1. The van der Waals surface area contributed by atoms with Gasteiger partial charge in [0.2, 0.25) is 0 Å². The monoisotopic (exact) mass is 381 g/mol. The lowest BCUT2D eigenvalue weighted by Gasteiger charge is -2.34. The predicted octanol–water partition coefficient (Wildman–Crippen LogP) is 3.71. The van der Waals surface area contributed by atoms with Gasteiger partial charge in [0.15, 0.2) is 6.61 Å². The van der Waals surface area contributed by atoms with Gasteiger partial charge in [-0.2, -0.15) is 0 Å². The summed E-state index contributed by atoms with van der Waals surface area (Å²) in [4.78, 5) is 15.8. The number of morpholine rings is 1. The highest BCUT2D eigenvalue weighted by molar-refractivity contribution is 5.97. The van der Waals surface area contributed by atoms with Crippen LogP contribution in [-0.2, 0) is 9.53 Å². The molecule has 1 saturated heterocycles. The van der Waals surface area contributed by atoms with Gasteiger partial charge in [0.05, 0.1) is 18.4 Å². The van der Waals surface area contributed by atoms with Crippen molar-refractivity contribution in [1.82, 2.24) is 0 Å². The van der Waals surface area contributed by atoms with Crippen molar-refractivity contribution < 1.29 is 14.3 Å². The average Bonchev–Trinajstić information content (AvgIpc) is 2.72. The van der Waals surface area contributed by atoms with Gasteiger partial charge >= 0.3 is 0 Å². The number of carbonyl (C=O) groups excluding carboxylic acids is 1. The average molecular weight is 381 g/mol. The highest BCUT2D eigenvalue weighted by atomic mass is 16.5. The lowest BCUT2D eigenvalue weighted by Crippen LogP contribution is -2.42. The van der Waals surface area contributed by atoms with Crippen LogP contribution >= 0.6 is 0 Å². The van der Waals surface area contributed by atoms with Gasteiger partial charge in [0.1, 0.15) is 5.75 Å². The number of likely N-dealkylation sites (N-methyl/N-ethyl adjacent to an activating group) is 1. The maximum atomic E-state index is 11.8. The molecule has 4 rings (SSSR count). The van der Waals surface area contributed by atoms with E-state index in [4.69, 9.17) is 9.47 Å². The Hall–Kier alpha value is -2.73. The smallest absolute Gasteiger partial charge is 0.264 e. The molecule has 1 N–H and O–H groups in total. The van der Waals surface area contributed by atoms with Crippen LogP contribution in [0.1, 0.15) is 18.9 Å². The number of benzene rings is 2. The van der Waals surface area contributed by atoms with Crippen molar-refractivity contribution in [2.24, 2.45) is 0 Å². The van der Waals surface area contributed by atoms with E-state index in [0.29, 0.717) is 6.10 Å². The fraction of sp³-hybridized carbons (Fsp3) is 0.409. The van der Waals surface area contributed by atoms with Crippen molar-refractivity contribution in [3.63, 3.8) is 0 Å². The minimum Gasteiger partial charge on any atom is -0.481 e. The van der Waals surface area contributed by atoms with Crippen LogP contribution in [0, 0.1) is 6.92 Å². The molecule has 2 aromatic rings. The molecule has 0 saturated carbocycles. The maximum Gasteiger partial charge on any atom is 0.264 e. The molecule has 6 heteroatoms. The highest BCUT2D eigenvalue weighted by Gasteiger charge is 2.22. The van der Waals surface area contributed by atoms with Gasteiger partial charge in [-0.25, -0.2) is 0 Å². The number of aryl methyl sites for hydroxylation is 1. The Bertz CT molecular complexity index is 883. The first-order valence-electron chi connectivity index (χ1n) is 9.83. The standard InChI is InChI=1S/C22H27N3O3/c1-4-18-13-25(9-10-27-18)17-6-7-19(15(2)11-17)23-16-5-8-20-21(12-16)28-14-22(26)24(20)3/h5-8,11-12,18,23H,4,9-10,13-14H2,1-3H3. The van der Waals surface area contributed by atoms with Crippen molar-refractivity contribution in [2.45, 2.75) is 26.4 Å². The fourth-order valence-electron chi connectivity index (χ4n) is 3.70.